The van der Waals surface area contributed by atoms with Crippen molar-refractivity contribution in [1.29, 1.82) is 0 Å². The number of methoxy groups -OCH3 is 1. The highest BCUT2D eigenvalue weighted by Gasteiger charge is 2.39. The van der Waals surface area contributed by atoms with Crippen LogP contribution in [0.4, 0.5) is 17.1 Å². The van der Waals surface area contributed by atoms with Crippen LogP contribution in [-0.4, -0.2) is 30.8 Å². The van der Waals surface area contributed by atoms with Gasteiger partial charge in [0.05, 0.1) is 18.4 Å². The van der Waals surface area contributed by atoms with Crippen LogP contribution >= 0.6 is 23.2 Å². The summed E-state index contributed by atoms with van der Waals surface area (Å²) in [6.07, 6.45) is 0. The summed E-state index contributed by atoms with van der Waals surface area (Å²) in [7, 11) is 1.23. The number of amides is 3. The summed E-state index contributed by atoms with van der Waals surface area (Å²) < 4.78 is 4.68. The minimum atomic E-state index is -0.736. The predicted octanol–water partition coefficient (Wildman–Crippen LogP) is 4.81. The summed E-state index contributed by atoms with van der Waals surface area (Å²) in [5, 5.41) is 5.84. The van der Waals surface area contributed by atoms with Crippen molar-refractivity contribution in [2.75, 3.05) is 22.6 Å². The normalized spacial score (nSPS) is 13.2. The number of nitrogens with one attached hydrogen (secondary N) is 2. The van der Waals surface area contributed by atoms with Crippen molar-refractivity contribution in [3.63, 3.8) is 0 Å². The van der Waals surface area contributed by atoms with E-state index in [4.69, 9.17) is 23.2 Å². The Hall–Kier alpha value is -4.14. The van der Waals surface area contributed by atoms with Gasteiger partial charge in [-0.1, -0.05) is 29.3 Å². The number of carbonyl (C=O) groups excluding carboxylic acids is 4. The minimum Gasteiger partial charge on any atom is -0.465 e. The summed E-state index contributed by atoms with van der Waals surface area (Å²) >= 11 is 12.0. The molecule has 0 fully saturated rings. The van der Waals surface area contributed by atoms with Crippen molar-refractivity contribution in [1.82, 2.24) is 0 Å². The van der Waals surface area contributed by atoms with Gasteiger partial charge in [0.2, 0.25) is 0 Å². The van der Waals surface area contributed by atoms with Crippen molar-refractivity contribution in [2.45, 2.75) is 0 Å². The first-order chi connectivity index (χ1) is 16.8. The lowest BCUT2D eigenvalue weighted by atomic mass is 10.2. The molecule has 3 amide bonds. The van der Waals surface area contributed by atoms with Gasteiger partial charge in [0, 0.05) is 22.0 Å². The fourth-order valence-corrected chi connectivity index (χ4v) is 3.66. The van der Waals surface area contributed by atoms with Gasteiger partial charge in [-0.05, 0) is 66.7 Å². The maximum atomic E-state index is 13.0. The number of benzene rings is 3. The van der Waals surface area contributed by atoms with E-state index in [0.29, 0.717) is 22.0 Å². The average molecular weight is 510 g/mol. The van der Waals surface area contributed by atoms with Crippen LogP contribution in [-0.2, 0) is 14.3 Å². The van der Waals surface area contributed by atoms with Gasteiger partial charge in [-0.15, -0.1) is 0 Å². The molecule has 1 aliphatic rings. The summed E-state index contributed by atoms with van der Waals surface area (Å²) in [5.41, 5.74) is 1.62. The van der Waals surface area contributed by atoms with E-state index in [-0.39, 0.29) is 27.9 Å². The molecule has 3 aromatic rings. The Labute approximate surface area is 210 Å². The van der Waals surface area contributed by atoms with Gasteiger partial charge >= 0.3 is 5.97 Å². The molecule has 0 bridgehead atoms. The van der Waals surface area contributed by atoms with E-state index in [1.165, 1.54) is 31.4 Å². The third-order valence-electron chi connectivity index (χ3n) is 5.07. The number of ether oxygens (including phenoxy) is 1. The molecular formula is C25H17Cl2N3O5. The molecule has 3 aromatic carbocycles. The molecule has 10 heteroatoms. The molecule has 0 aromatic heterocycles. The molecule has 2 N–H and O–H groups in total. The summed E-state index contributed by atoms with van der Waals surface area (Å²) in [5.74, 6) is -2.37. The second-order valence-corrected chi connectivity index (χ2v) is 8.15. The molecule has 1 aliphatic heterocycles. The van der Waals surface area contributed by atoms with Crippen molar-refractivity contribution >= 4 is 64.0 Å². The zero-order valence-electron chi connectivity index (χ0n) is 18.2. The molecule has 176 valence electrons. The first kappa shape index (κ1) is 24.0. The van der Waals surface area contributed by atoms with Gasteiger partial charge in [0.25, 0.3) is 17.7 Å². The molecule has 0 spiro atoms. The maximum Gasteiger partial charge on any atom is 0.337 e. The largest absolute Gasteiger partial charge is 0.465 e. The summed E-state index contributed by atoms with van der Waals surface area (Å²) in [6.45, 7) is 0. The lowest BCUT2D eigenvalue weighted by molar-refractivity contribution is -0.120. The molecule has 8 nitrogen and oxygen atoms in total. The number of halogens is 2. The van der Waals surface area contributed by atoms with Crippen LogP contribution in [0.25, 0.3) is 0 Å². The molecular weight excluding hydrogens is 493 g/mol. The number of imide groups is 1. The summed E-state index contributed by atoms with van der Waals surface area (Å²) in [6, 6.07) is 18.8. The van der Waals surface area contributed by atoms with Crippen molar-refractivity contribution < 1.29 is 23.9 Å². The van der Waals surface area contributed by atoms with Crippen molar-refractivity contribution in [3.8, 4) is 0 Å². The van der Waals surface area contributed by atoms with Gasteiger partial charge in [-0.2, -0.15) is 0 Å². The average Bonchev–Trinajstić information content (AvgIpc) is 3.08. The number of nitrogens with zero attached hydrogens (tertiary/aromatic N) is 1. The Morgan fingerprint density at radius 1 is 0.829 bits per heavy atom. The molecule has 0 unspecified atom stereocenters. The van der Waals surface area contributed by atoms with Crippen LogP contribution in [0.5, 0.6) is 0 Å². The quantitative estimate of drug-likeness (QED) is 0.364. The Morgan fingerprint density at radius 2 is 1.49 bits per heavy atom. The fraction of sp³-hybridized carbons (Fsp3) is 0.0400. The Morgan fingerprint density at radius 3 is 2.14 bits per heavy atom. The van der Waals surface area contributed by atoms with Crippen LogP contribution in [0.15, 0.2) is 83.5 Å². The number of hydrogen-bond donors (Lipinski definition) is 2. The first-order valence-corrected chi connectivity index (χ1v) is 10.9. The molecule has 0 atom stereocenters. The molecule has 0 saturated heterocycles. The smallest absolute Gasteiger partial charge is 0.337 e. The number of esters is 1. The minimum absolute atomic E-state index is 0.126. The molecule has 1 heterocycles. The second kappa shape index (κ2) is 10.0. The van der Waals surface area contributed by atoms with E-state index in [2.05, 4.69) is 15.4 Å². The molecule has 0 radical (unpaired) electrons. The fourth-order valence-electron chi connectivity index (χ4n) is 3.32. The van der Waals surface area contributed by atoms with Gasteiger partial charge in [-0.3, -0.25) is 14.4 Å². The zero-order valence-corrected chi connectivity index (χ0v) is 19.7. The van der Waals surface area contributed by atoms with Crippen LogP contribution in [0.1, 0.15) is 20.7 Å². The van der Waals surface area contributed by atoms with E-state index in [9.17, 15) is 19.2 Å². The Bertz CT molecular complexity index is 1370. The van der Waals surface area contributed by atoms with Gasteiger partial charge < -0.3 is 15.4 Å². The molecule has 0 saturated carbocycles. The van der Waals surface area contributed by atoms with Gasteiger partial charge in [0.1, 0.15) is 10.7 Å². The van der Waals surface area contributed by atoms with E-state index in [1.807, 2.05) is 0 Å². The Kier molecular flexibility index (Phi) is 6.86. The van der Waals surface area contributed by atoms with E-state index < -0.39 is 17.8 Å². The van der Waals surface area contributed by atoms with Crippen molar-refractivity contribution in [2.24, 2.45) is 0 Å². The van der Waals surface area contributed by atoms with Gasteiger partial charge in [-0.25, -0.2) is 9.69 Å². The highest BCUT2D eigenvalue weighted by Crippen LogP contribution is 2.30. The van der Waals surface area contributed by atoms with Crippen LogP contribution in [0.2, 0.25) is 5.02 Å². The number of hydrogen-bond acceptors (Lipinski definition) is 6. The lowest BCUT2D eigenvalue weighted by Crippen LogP contribution is -2.32. The second-order valence-electron chi connectivity index (χ2n) is 7.34. The van der Waals surface area contributed by atoms with E-state index in [1.54, 1.807) is 48.5 Å². The summed E-state index contributed by atoms with van der Waals surface area (Å²) in [4.78, 5) is 50.8. The molecule has 0 aliphatic carbocycles. The van der Waals surface area contributed by atoms with Crippen LogP contribution in [0.3, 0.4) is 0 Å². The third-order valence-corrected chi connectivity index (χ3v) is 5.67. The molecule has 4 rings (SSSR count). The van der Waals surface area contributed by atoms with Gasteiger partial charge in [0.15, 0.2) is 0 Å². The monoisotopic (exact) mass is 509 g/mol. The lowest BCUT2D eigenvalue weighted by Gasteiger charge is -2.16. The highest BCUT2D eigenvalue weighted by molar-refractivity contribution is 6.53. The standard InChI is InChI=1S/C25H17Cl2N3O5/c1-35-25(34)15-3-2-4-19(13-15)30-23(32)20(27)21(24(30)33)28-17-9-5-14(6-10-17)22(31)29-18-11-7-16(26)8-12-18/h2-13,28H,1H3,(H,29,31). The topological polar surface area (TPSA) is 105 Å². The molecule has 35 heavy (non-hydrogen) atoms. The number of anilines is 3. The zero-order chi connectivity index (χ0) is 25.1. The number of carbonyl (C=O) groups is 4. The third kappa shape index (κ3) is 5.03. The van der Waals surface area contributed by atoms with E-state index in [0.717, 1.165) is 4.90 Å². The maximum absolute atomic E-state index is 13.0. The first-order valence-electron chi connectivity index (χ1n) is 10.2. The SMILES string of the molecule is COC(=O)c1cccc(N2C(=O)C(Cl)=C(Nc3ccc(C(=O)Nc4ccc(Cl)cc4)cc3)C2=O)c1. The predicted molar refractivity (Wildman–Crippen MR) is 133 cm³/mol. The highest BCUT2D eigenvalue weighted by atomic mass is 35.5. The van der Waals surface area contributed by atoms with E-state index >= 15 is 0 Å². The number of rotatable bonds is 6. The van der Waals surface area contributed by atoms with Crippen molar-refractivity contribution in [3.05, 3.63) is 99.7 Å². The van der Waals surface area contributed by atoms with Crippen LogP contribution < -0.4 is 15.5 Å². The van der Waals surface area contributed by atoms with Crippen LogP contribution in [0, 0.1) is 0 Å². The Balaban J connectivity index is 1.48.